The van der Waals surface area contributed by atoms with Gasteiger partial charge in [-0.25, -0.2) is 4.98 Å². The molecule has 5 heteroatoms. The highest BCUT2D eigenvalue weighted by Crippen LogP contribution is 2.14. The molecule has 18 heavy (non-hydrogen) atoms. The van der Waals surface area contributed by atoms with E-state index in [9.17, 15) is 0 Å². The summed E-state index contributed by atoms with van der Waals surface area (Å²) in [4.78, 5) is 8.45. The minimum Gasteiger partial charge on any atom is -0.475 e. The van der Waals surface area contributed by atoms with Crippen LogP contribution >= 0.6 is 0 Å². The molecule has 1 rings (SSSR count). The topological polar surface area (TPSA) is 73.1 Å². The molecule has 0 aliphatic rings. The normalized spacial score (nSPS) is 11.7. The molecule has 0 unspecified atom stereocenters. The predicted octanol–water partition coefficient (Wildman–Crippen LogP) is 2.19. The molecule has 0 spiro atoms. The third-order valence-electron chi connectivity index (χ3n) is 2.99. The zero-order valence-electron chi connectivity index (χ0n) is 11.7. The molecule has 0 saturated heterocycles. The molecule has 0 bridgehead atoms. The standard InChI is InChI=1S/C13H24N4O/c1-5-13(14,6-2)9-16-12-15-8-7-11(17-12)18-10(3)4/h7-8,10H,5-6,9,14H2,1-4H3,(H,15,16,17). The number of hydrogen-bond donors (Lipinski definition) is 2. The van der Waals surface area contributed by atoms with Gasteiger partial charge in [-0.2, -0.15) is 4.98 Å². The maximum Gasteiger partial charge on any atom is 0.226 e. The first-order valence-electron chi connectivity index (χ1n) is 6.51. The largest absolute Gasteiger partial charge is 0.475 e. The number of aromatic nitrogens is 2. The fourth-order valence-electron chi connectivity index (χ4n) is 1.49. The molecular formula is C13H24N4O. The Labute approximate surface area is 109 Å². The lowest BCUT2D eigenvalue weighted by atomic mass is 9.94. The summed E-state index contributed by atoms with van der Waals surface area (Å²) in [6.07, 6.45) is 3.62. The molecule has 0 saturated carbocycles. The summed E-state index contributed by atoms with van der Waals surface area (Å²) in [5.74, 6) is 1.14. The van der Waals surface area contributed by atoms with E-state index >= 15 is 0 Å². The predicted molar refractivity (Wildman–Crippen MR) is 73.8 cm³/mol. The Morgan fingerprint density at radius 3 is 2.61 bits per heavy atom. The molecule has 0 atom stereocenters. The van der Waals surface area contributed by atoms with Crippen LogP contribution in [0, 0.1) is 0 Å². The summed E-state index contributed by atoms with van der Waals surface area (Å²) in [5, 5.41) is 3.17. The van der Waals surface area contributed by atoms with Gasteiger partial charge in [0.05, 0.1) is 6.10 Å². The van der Waals surface area contributed by atoms with Gasteiger partial charge in [0.25, 0.3) is 0 Å². The highest BCUT2D eigenvalue weighted by molar-refractivity contribution is 5.28. The summed E-state index contributed by atoms with van der Waals surface area (Å²) in [7, 11) is 0. The van der Waals surface area contributed by atoms with E-state index in [1.54, 1.807) is 12.3 Å². The van der Waals surface area contributed by atoms with E-state index in [1.165, 1.54) is 0 Å². The fraction of sp³-hybridized carbons (Fsp3) is 0.692. The van der Waals surface area contributed by atoms with Gasteiger partial charge in [-0.3, -0.25) is 0 Å². The highest BCUT2D eigenvalue weighted by atomic mass is 16.5. The van der Waals surface area contributed by atoms with E-state index in [-0.39, 0.29) is 11.6 Å². The lowest BCUT2D eigenvalue weighted by Gasteiger charge is -2.26. The van der Waals surface area contributed by atoms with Crippen LogP contribution in [0.1, 0.15) is 40.5 Å². The summed E-state index contributed by atoms with van der Waals surface area (Å²) in [6, 6.07) is 1.75. The number of rotatable bonds is 7. The van der Waals surface area contributed by atoms with Crippen molar-refractivity contribution in [3.8, 4) is 5.88 Å². The van der Waals surface area contributed by atoms with Crippen molar-refractivity contribution >= 4 is 5.95 Å². The molecule has 0 amide bonds. The van der Waals surface area contributed by atoms with E-state index < -0.39 is 0 Å². The Hall–Kier alpha value is -1.36. The summed E-state index contributed by atoms with van der Waals surface area (Å²) in [5.41, 5.74) is 6.00. The molecule has 0 aliphatic heterocycles. The molecule has 0 aliphatic carbocycles. The molecular weight excluding hydrogens is 228 g/mol. The lowest BCUT2D eigenvalue weighted by molar-refractivity contribution is 0.232. The molecule has 0 fully saturated rings. The number of hydrogen-bond acceptors (Lipinski definition) is 5. The van der Waals surface area contributed by atoms with Gasteiger partial charge in [0.2, 0.25) is 11.8 Å². The molecule has 1 aromatic rings. The second kappa shape index (κ2) is 6.54. The van der Waals surface area contributed by atoms with E-state index in [0.717, 1.165) is 12.8 Å². The SMILES string of the molecule is CCC(N)(CC)CNc1nccc(OC(C)C)n1. The average Bonchev–Trinajstić information content (AvgIpc) is 2.36. The van der Waals surface area contributed by atoms with Crippen LogP contribution in [0.5, 0.6) is 5.88 Å². The smallest absolute Gasteiger partial charge is 0.226 e. The van der Waals surface area contributed by atoms with Crippen molar-refractivity contribution in [3.63, 3.8) is 0 Å². The Morgan fingerprint density at radius 2 is 2.06 bits per heavy atom. The van der Waals surface area contributed by atoms with Gasteiger partial charge in [-0.15, -0.1) is 0 Å². The molecule has 1 aromatic heterocycles. The third-order valence-corrected chi connectivity index (χ3v) is 2.99. The van der Waals surface area contributed by atoms with Crippen molar-refractivity contribution in [2.75, 3.05) is 11.9 Å². The summed E-state index contributed by atoms with van der Waals surface area (Å²) in [6.45, 7) is 8.77. The zero-order valence-corrected chi connectivity index (χ0v) is 11.7. The summed E-state index contributed by atoms with van der Waals surface area (Å²) < 4.78 is 5.52. The van der Waals surface area contributed by atoms with Gasteiger partial charge >= 0.3 is 0 Å². The number of nitrogens with two attached hydrogens (primary N) is 1. The number of nitrogens with one attached hydrogen (secondary N) is 1. The molecule has 5 nitrogen and oxygen atoms in total. The van der Waals surface area contributed by atoms with E-state index in [1.807, 2.05) is 13.8 Å². The van der Waals surface area contributed by atoms with Crippen LogP contribution < -0.4 is 15.8 Å². The van der Waals surface area contributed by atoms with Crippen molar-refractivity contribution in [3.05, 3.63) is 12.3 Å². The molecule has 0 aromatic carbocycles. The van der Waals surface area contributed by atoms with Crippen molar-refractivity contribution in [2.24, 2.45) is 5.73 Å². The van der Waals surface area contributed by atoms with Crippen LogP contribution in [0.4, 0.5) is 5.95 Å². The van der Waals surface area contributed by atoms with Crippen molar-refractivity contribution in [1.29, 1.82) is 0 Å². The van der Waals surface area contributed by atoms with Gasteiger partial charge in [-0.05, 0) is 26.7 Å². The first-order valence-corrected chi connectivity index (χ1v) is 6.51. The Kier molecular flexibility index (Phi) is 5.34. The van der Waals surface area contributed by atoms with Crippen LogP contribution in [0.25, 0.3) is 0 Å². The van der Waals surface area contributed by atoms with Gasteiger partial charge in [0.1, 0.15) is 0 Å². The zero-order chi connectivity index (χ0) is 13.6. The van der Waals surface area contributed by atoms with Crippen LogP contribution in [0.3, 0.4) is 0 Å². The van der Waals surface area contributed by atoms with Crippen molar-refractivity contribution in [1.82, 2.24) is 9.97 Å². The lowest BCUT2D eigenvalue weighted by Crippen LogP contribution is -2.45. The number of anilines is 1. The molecule has 102 valence electrons. The van der Waals surface area contributed by atoms with Crippen LogP contribution in [0.2, 0.25) is 0 Å². The average molecular weight is 252 g/mol. The maximum atomic E-state index is 6.21. The first-order chi connectivity index (χ1) is 8.49. The van der Waals surface area contributed by atoms with Crippen LogP contribution in [-0.4, -0.2) is 28.2 Å². The van der Waals surface area contributed by atoms with Crippen molar-refractivity contribution < 1.29 is 4.74 Å². The maximum absolute atomic E-state index is 6.21. The summed E-state index contributed by atoms with van der Waals surface area (Å²) >= 11 is 0. The minimum atomic E-state index is -0.210. The fourth-order valence-corrected chi connectivity index (χ4v) is 1.49. The second-order valence-electron chi connectivity index (χ2n) is 4.81. The Balaban J connectivity index is 2.62. The van der Waals surface area contributed by atoms with E-state index in [2.05, 4.69) is 29.1 Å². The van der Waals surface area contributed by atoms with Gasteiger partial charge in [0, 0.05) is 24.3 Å². The number of ether oxygens (including phenoxy) is 1. The molecule has 3 N–H and O–H groups in total. The van der Waals surface area contributed by atoms with E-state index in [4.69, 9.17) is 10.5 Å². The molecule has 1 heterocycles. The first kappa shape index (κ1) is 14.7. The Bertz CT molecular complexity index is 364. The highest BCUT2D eigenvalue weighted by Gasteiger charge is 2.20. The monoisotopic (exact) mass is 252 g/mol. The van der Waals surface area contributed by atoms with Crippen LogP contribution in [-0.2, 0) is 0 Å². The van der Waals surface area contributed by atoms with Gasteiger partial charge in [0.15, 0.2) is 0 Å². The van der Waals surface area contributed by atoms with Crippen LogP contribution in [0.15, 0.2) is 12.3 Å². The van der Waals surface area contributed by atoms with Crippen molar-refractivity contribution in [2.45, 2.75) is 52.2 Å². The minimum absolute atomic E-state index is 0.104. The Morgan fingerprint density at radius 1 is 1.39 bits per heavy atom. The number of nitrogens with zero attached hydrogens (tertiary/aromatic N) is 2. The van der Waals surface area contributed by atoms with Gasteiger partial charge < -0.3 is 15.8 Å². The second-order valence-corrected chi connectivity index (χ2v) is 4.81. The molecule has 0 radical (unpaired) electrons. The third kappa shape index (κ3) is 4.49. The van der Waals surface area contributed by atoms with Gasteiger partial charge in [-0.1, -0.05) is 13.8 Å². The quantitative estimate of drug-likeness (QED) is 0.778. The van der Waals surface area contributed by atoms with E-state index in [0.29, 0.717) is 18.4 Å².